The van der Waals surface area contributed by atoms with E-state index in [1.54, 1.807) is 0 Å². The second-order valence-corrected chi connectivity index (χ2v) is 12.1. The Balaban J connectivity index is 1.57. The molecule has 2 amide bonds. The number of rotatable bonds is 4. The van der Waals surface area contributed by atoms with E-state index < -0.39 is 8.07 Å². The van der Waals surface area contributed by atoms with Crippen LogP contribution in [0.5, 0.6) is 0 Å². The summed E-state index contributed by atoms with van der Waals surface area (Å²) in [6.07, 6.45) is 2.67. The molecule has 2 aromatic rings. The van der Waals surface area contributed by atoms with Gasteiger partial charge in [0.15, 0.2) is 5.82 Å². The average molecular weight is 359 g/mol. The van der Waals surface area contributed by atoms with E-state index in [1.807, 2.05) is 17.9 Å². The lowest BCUT2D eigenvalue weighted by Gasteiger charge is -2.32. The summed E-state index contributed by atoms with van der Waals surface area (Å²) >= 11 is 0. The maximum absolute atomic E-state index is 12.6. The van der Waals surface area contributed by atoms with Crippen molar-refractivity contribution in [3.63, 3.8) is 0 Å². The normalized spacial score (nSPS) is 18.2. The van der Waals surface area contributed by atoms with Crippen LogP contribution in [0.2, 0.25) is 13.1 Å². The van der Waals surface area contributed by atoms with Crippen molar-refractivity contribution in [1.82, 2.24) is 20.4 Å². The van der Waals surface area contributed by atoms with Crippen LogP contribution in [-0.4, -0.2) is 48.4 Å². The fourth-order valence-corrected chi connectivity index (χ4v) is 5.13. The number of piperidine rings is 1. The standard InChI is InChI=1S/C18H26N4O2Si/c1-14-20-17(24-21-14)15-8-7-11-22(12-15)18(23)19-13-25(2,3)16-9-5-4-6-10-16/h4-6,9-10,15H,7-8,11-13H2,1-3H3,(H,19,23)/t15-/m0/s1. The van der Waals surface area contributed by atoms with Gasteiger partial charge in [-0.25, -0.2) is 4.79 Å². The minimum absolute atomic E-state index is 0.0115. The molecule has 1 aromatic carbocycles. The van der Waals surface area contributed by atoms with E-state index in [0.717, 1.165) is 25.6 Å². The Morgan fingerprint density at radius 2 is 2.12 bits per heavy atom. The van der Waals surface area contributed by atoms with Crippen LogP contribution in [0.3, 0.4) is 0 Å². The van der Waals surface area contributed by atoms with E-state index in [9.17, 15) is 4.79 Å². The second kappa shape index (κ2) is 7.39. The zero-order valence-electron chi connectivity index (χ0n) is 15.2. The van der Waals surface area contributed by atoms with Gasteiger partial charge in [0.2, 0.25) is 5.89 Å². The third kappa shape index (κ3) is 4.28. The van der Waals surface area contributed by atoms with Crippen molar-refractivity contribution in [2.24, 2.45) is 0 Å². The van der Waals surface area contributed by atoms with Gasteiger partial charge < -0.3 is 14.7 Å². The van der Waals surface area contributed by atoms with Crippen LogP contribution in [0.4, 0.5) is 4.79 Å². The number of carbonyl (C=O) groups is 1. The van der Waals surface area contributed by atoms with Crippen LogP contribution in [0.15, 0.2) is 34.9 Å². The highest BCUT2D eigenvalue weighted by Gasteiger charge is 2.30. The third-order valence-corrected chi connectivity index (χ3v) is 7.79. The van der Waals surface area contributed by atoms with Crippen molar-refractivity contribution in [2.75, 3.05) is 19.3 Å². The summed E-state index contributed by atoms with van der Waals surface area (Å²) < 4.78 is 5.29. The van der Waals surface area contributed by atoms with Crippen molar-refractivity contribution in [1.29, 1.82) is 0 Å². The molecule has 134 valence electrons. The number of carbonyl (C=O) groups excluding carboxylic acids is 1. The first kappa shape index (κ1) is 17.7. The summed E-state index contributed by atoms with van der Waals surface area (Å²) in [5.74, 6) is 1.43. The van der Waals surface area contributed by atoms with E-state index in [-0.39, 0.29) is 11.9 Å². The molecule has 6 nitrogen and oxygen atoms in total. The van der Waals surface area contributed by atoms with Gasteiger partial charge in [-0.05, 0) is 19.8 Å². The summed E-state index contributed by atoms with van der Waals surface area (Å²) in [7, 11) is -1.68. The predicted molar refractivity (Wildman–Crippen MR) is 99.5 cm³/mol. The fourth-order valence-electron chi connectivity index (χ4n) is 3.24. The van der Waals surface area contributed by atoms with Gasteiger partial charge >= 0.3 is 6.03 Å². The van der Waals surface area contributed by atoms with E-state index in [1.165, 1.54) is 5.19 Å². The van der Waals surface area contributed by atoms with E-state index in [0.29, 0.717) is 18.3 Å². The van der Waals surface area contributed by atoms with Gasteiger partial charge in [-0.2, -0.15) is 4.98 Å². The van der Waals surface area contributed by atoms with Gasteiger partial charge in [0.05, 0.1) is 5.92 Å². The Morgan fingerprint density at radius 1 is 1.36 bits per heavy atom. The van der Waals surface area contributed by atoms with Crippen LogP contribution in [-0.2, 0) is 0 Å². The molecule has 1 fully saturated rings. The Morgan fingerprint density at radius 3 is 2.80 bits per heavy atom. The van der Waals surface area contributed by atoms with Crippen LogP contribution >= 0.6 is 0 Å². The Labute approximate surface area is 149 Å². The molecule has 0 aliphatic carbocycles. The number of amides is 2. The van der Waals surface area contributed by atoms with Crippen molar-refractivity contribution in [3.8, 4) is 0 Å². The van der Waals surface area contributed by atoms with Crippen LogP contribution in [0.25, 0.3) is 0 Å². The quantitative estimate of drug-likeness (QED) is 0.852. The molecule has 2 heterocycles. The number of nitrogens with one attached hydrogen (secondary N) is 1. The van der Waals surface area contributed by atoms with Gasteiger partial charge in [0.25, 0.3) is 0 Å². The summed E-state index contributed by atoms with van der Waals surface area (Å²) in [6, 6.07) is 10.5. The lowest BCUT2D eigenvalue weighted by Crippen LogP contribution is -2.55. The first-order chi connectivity index (χ1) is 12.0. The zero-order valence-corrected chi connectivity index (χ0v) is 16.2. The first-order valence-corrected chi connectivity index (χ1v) is 12.0. The highest BCUT2D eigenvalue weighted by molar-refractivity contribution is 6.90. The lowest BCUT2D eigenvalue weighted by molar-refractivity contribution is 0.173. The average Bonchev–Trinajstić information content (AvgIpc) is 3.07. The van der Waals surface area contributed by atoms with Crippen LogP contribution in [0, 0.1) is 6.92 Å². The summed E-state index contributed by atoms with van der Waals surface area (Å²) in [5.41, 5.74) is 0. The van der Waals surface area contributed by atoms with Gasteiger partial charge in [-0.15, -0.1) is 0 Å². The molecule has 1 aliphatic heterocycles. The molecule has 0 unspecified atom stereocenters. The van der Waals surface area contributed by atoms with Crippen molar-refractivity contribution in [2.45, 2.75) is 38.8 Å². The monoisotopic (exact) mass is 358 g/mol. The molecule has 1 saturated heterocycles. The fraction of sp³-hybridized carbons (Fsp3) is 0.500. The minimum Gasteiger partial charge on any atom is -0.341 e. The van der Waals surface area contributed by atoms with Crippen LogP contribution in [0.1, 0.15) is 30.5 Å². The van der Waals surface area contributed by atoms with Gasteiger partial charge in [0.1, 0.15) is 8.07 Å². The number of likely N-dealkylation sites (tertiary alicyclic amines) is 1. The third-order valence-electron chi connectivity index (χ3n) is 4.84. The lowest BCUT2D eigenvalue weighted by atomic mass is 9.98. The molecule has 0 spiro atoms. The summed E-state index contributed by atoms with van der Waals surface area (Å²) in [5, 5.41) is 8.37. The first-order valence-electron chi connectivity index (χ1n) is 8.84. The highest BCUT2D eigenvalue weighted by Crippen LogP contribution is 2.25. The highest BCUT2D eigenvalue weighted by atomic mass is 28.3. The van der Waals surface area contributed by atoms with Crippen molar-refractivity contribution < 1.29 is 9.32 Å². The molecule has 7 heteroatoms. The number of benzene rings is 1. The molecule has 1 N–H and O–H groups in total. The van der Waals surface area contributed by atoms with Gasteiger partial charge in [-0.3, -0.25) is 0 Å². The Bertz CT molecular complexity index is 717. The molecule has 3 rings (SSSR count). The van der Waals surface area contributed by atoms with E-state index in [2.05, 4.69) is 52.8 Å². The molecule has 0 radical (unpaired) electrons. The van der Waals surface area contributed by atoms with Crippen LogP contribution < -0.4 is 10.5 Å². The van der Waals surface area contributed by atoms with Crippen molar-refractivity contribution in [3.05, 3.63) is 42.0 Å². The Hall–Kier alpha value is -2.15. The molecule has 0 bridgehead atoms. The van der Waals surface area contributed by atoms with Crippen molar-refractivity contribution >= 4 is 19.3 Å². The summed E-state index contributed by atoms with van der Waals surface area (Å²) in [6.45, 7) is 7.80. The number of aryl methyl sites for hydroxylation is 1. The predicted octanol–water partition coefficient (Wildman–Crippen LogP) is 2.42. The second-order valence-electron chi connectivity index (χ2n) is 7.37. The number of aromatic nitrogens is 2. The van der Waals surface area contributed by atoms with E-state index in [4.69, 9.17) is 4.52 Å². The molecule has 1 atom stereocenters. The molecular weight excluding hydrogens is 332 g/mol. The zero-order chi connectivity index (χ0) is 17.9. The maximum Gasteiger partial charge on any atom is 0.317 e. The topological polar surface area (TPSA) is 71.3 Å². The smallest absolute Gasteiger partial charge is 0.317 e. The Kier molecular flexibility index (Phi) is 5.22. The number of nitrogens with zero attached hydrogens (tertiary/aromatic N) is 3. The molecule has 25 heavy (non-hydrogen) atoms. The summed E-state index contributed by atoms with van der Waals surface area (Å²) in [4.78, 5) is 18.8. The van der Waals surface area contributed by atoms with Gasteiger partial charge in [-0.1, -0.05) is 53.8 Å². The number of urea groups is 1. The maximum atomic E-state index is 12.6. The molecular formula is C18H26N4O2Si. The molecule has 0 saturated carbocycles. The van der Waals surface area contributed by atoms with Gasteiger partial charge in [0, 0.05) is 19.3 Å². The number of hydrogen-bond donors (Lipinski definition) is 1. The largest absolute Gasteiger partial charge is 0.341 e. The van der Waals surface area contributed by atoms with E-state index >= 15 is 0 Å². The number of hydrogen-bond acceptors (Lipinski definition) is 4. The molecule has 1 aromatic heterocycles. The molecule has 1 aliphatic rings. The SMILES string of the molecule is Cc1noc([C@H]2CCCN(C(=O)NC[Si](C)(C)c3ccccc3)C2)n1. The minimum atomic E-state index is -1.68.